The molecular formula is C15H17Cl2N3O2. The first kappa shape index (κ1) is 16.6. The maximum absolute atomic E-state index is 12.2. The van der Waals surface area contributed by atoms with E-state index in [1.165, 1.54) is 6.08 Å². The van der Waals surface area contributed by atoms with E-state index >= 15 is 0 Å². The lowest BCUT2D eigenvalue weighted by molar-refractivity contribution is -0.125. The van der Waals surface area contributed by atoms with Gasteiger partial charge in [-0.15, -0.1) is 0 Å². The van der Waals surface area contributed by atoms with Crippen LogP contribution in [-0.4, -0.2) is 47.9 Å². The Kier molecular flexibility index (Phi) is 5.69. The number of nitrogens with two attached hydrogens (primary N) is 1. The SMILES string of the molecule is NC(=O)N1CCCN(C(=O)C=Cc2ccc(Cl)c(Cl)c2)CC1. The molecule has 1 aromatic rings. The number of primary amides is 1. The van der Waals surface area contributed by atoms with Gasteiger partial charge < -0.3 is 15.5 Å². The molecule has 1 saturated heterocycles. The molecule has 0 unspecified atom stereocenters. The highest BCUT2D eigenvalue weighted by molar-refractivity contribution is 6.42. The van der Waals surface area contributed by atoms with Gasteiger partial charge >= 0.3 is 6.03 Å². The predicted molar refractivity (Wildman–Crippen MR) is 87.8 cm³/mol. The fourth-order valence-electron chi connectivity index (χ4n) is 2.25. The van der Waals surface area contributed by atoms with Crippen molar-refractivity contribution in [1.82, 2.24) is 9.80 Å². The molecular weight excluding hydrogens is 325 g/mol. The Hall–Kier alpha value is -1.72. The number of halogens is 2. The van der Waals surface area contributed by atoms with E-state index in [-0.39, 0.29) is 5.91 Å². The minimum atomic E-state index is -0.444. The van der Waals surface area contributed by atoms with Gasteiger partial charge in [0.1, 0.15) is 0 Å². The van der Waals surface area contributed by atoms with Crippen molar-refractivity contribution in [2.24, 2.45) is 5.73 Å². The Balaban J connectivity index is 1.97. The lowest BCUT2D eigenvalue weighted by Crippen LogP contribution is -2.39. The van der Waals surface area contributed by atoms with Crippen LogP contribution in [0.4, 0.5) is 4.79 Å². The summed E-state index contributed by atoms with van der Waals surface area (Å²) in [6, 6.07) is 4.73. The Morgan fingerprint density at radius 3 is 2.41 bits per heavy atom. The highest BCUT2D eigenvalue weighted by Crippen LogP contribution is 2.23. The minimum absolute atomic E-state index is 0.0996. The number of carbonyl (C=O) groups is 2. The van der Waals surface area contributed by atoms with Gasteiger partial charge in [-0.25, -0.2) is 4.79 Å². The van der Waals surface area contributed by atoms with E-state index in [1.807, 2.05) is 0 Å². The molecule has 1 aliphatic heterocycles. The van der Waals surface area contributed by atoms with Crippen LogP contribution in [0.25, 0.3) is 6.08 Å². The van der Waals surface area contributed by atoms with Crippen LogP contribution in [-0.2, 0) is 4.79 Å². The number of carbonyl (C=O) groups excluding carboxylic acids is 2. The second-order valence-electron chi connectivity index (χ2n) is 5.01. The number of rotatable bonds is 2. The highest BCUT2D eigenvalue weighted by Gasteiger charge is 2.19. The smallest absolute Gasteiger partial charge is 0.314 e. The molecule has 5 nitrogen and oxygen atoms in total. The van der Waals surface area contributed by atoms with E-state index in [0.717, 1.165) is 12.0 Å². The number of hydrogen-bond acceptors (Lipinski definition) is 2. The molecule has 0 radical (unpaired) electrons. The van der Waals surface area contributed by atoms with Gasteiger partial charge in [-0.3, -0.25) is 4.79 Å². The van der Waals surface area contributed by atoms with E-state index < -0.39 is 6.03 Å². The maximum atomic E-state index is 12.2. The average Bonchev–Trinajstić information content (AvgIpc) is 2.74. The third-order valence-corrected chi connectivity index (χ3v) is 4.22. The van der Waals surface area contributed by atoms with Crippen molar-refractivity contribution in [3.05, 3.63) is 39.9 Å². The van der Waals surface area contributed by atoms with Crippen LogP contribution in [0.15, 0.2) is 24.3 Å². The van der Waals surface area contributed by atoms with Gasteiger partial charge in [-0.05, 0) is 30.2 Å². The lowest BCUT2D eigenvalue weighted by Gasteiger charge is -2.19. The molecule has 2 rings (SSSR count). The van der Waals surface area contributed by atoms with Crippen LogP contribution in [0.3, 0.4) is 0 Å². The van der Waals surface area contributed by atoms with Gasteiger partial charge in [-0.2, -0.15) is 0 Å². The van der Waals surface area contributed by atoms with E-state index in [9.17, 15) is 9.59 Å². The number of hydrogen-bond donors (Lipinski definition) is 1. The quantitative estimate of drug-likeness (QED) is 0.840. The van der Waals surface area contributed by atoms with Gasteiger partial charge in [0.2, 0.25) is 5.91 Å². The van der Waals surface area contributed by atoms with Gasteiger partial charge in [0.15, 0.2) is 0 Å². The fraction of sp³-hybridized carbons (Fsp3) is 0.333. The Bertz CT molecular complexity index is 604. The number of nitrogens with zero attached hydrogens (tertiary/aromatic N) is 2. The van der Waals surface area contributed by atoms with Crippen LogP contribution in [0.5, 0.6) is 0 Å². The summed E-state index contributed by atoms with van der Waals surface area (Å²) in [6.45, 7) is 2.12. The topological polar surface area (TPSA) is 66.6 Å². The van der Waals surface area contributed by atoms with E-state index in [0.29, 0.717) is 36.2 Å². The number of amides is 3. The van der Waals surface area contributed by atoms with Crippen molar-refractivity contribution in [2.75, 3.05) is 26.2 Å². The summed E-state index contributed by atoms with van der Waals surface area (Å²) < 4.78 is 0. The predicted octanol–water partition coefficient (Wildman–Crippen LogP) is 2.62. The summed E-state index contributed by atoms with van der Waals surface area (Å²) in [5, 5.41) is 0.923. The van der Waals surface area contributed by atoms with Crippen molar-refractivity contribution >= 4 is 41.2 Å². The van der Waals surface area contributed by atoms with Crippen LogP contribution in [0, 0.1) is 0 Å². The summed E-state index contributed by atoms with van der Waals surface area (Å²) in [4.78, 5) is 26.6. The zero-order chi connectivity index (χ0) is 16.1. The second-order valence-corrected chi connectivity index (χ2v) is 5.83. The highest BCUT2D eigenvalue weighted by atomic mass is 35.5. The van der Waals surface area contributed by atoms with E-state index in [1.54, 1.807) is 34.1 Å². The molecule has 1 aliphatic rings. The fourth-order valence-corrected chi connectivity index (χ4v) is 2.55. The molecule has 22 heavy (non-hydrogen) atoms. The zero-order valence-electron chi connectivity index (χ0n) is 12.0. The molecule has 118 valence electrons. The van der Waals surface area contributed by atoms with Crippen molar-refractivity contribution in [1.29, 1.82) is 0 Å². The Morgan fingerprint density at radius 2 is 1.73 bits per heavy atom. The molecule has 0 bridgehead atoms. The maximum Gasteiger partial charge on any atom is 0.314 e. The molecule has 0 spiro atoms. The normalized spacial score (nSPS) is 15.9. The molecule has 0 saturated carbocycles. The molecule has 1 heterocycles. The first-order chi connectivity index (χ1) is 10.5. The molecule has 1 fully saturated rings. The molecule has 3 amide bonds. The Labute approximate surface area is 139 Å². The van der Waals surface area contributed by atoms with Crippen LogP contribution < -0.4 is 5.73 Å². The summed E-state index contributed by atoms with van der Waals surface area (Å²) >= 11 is 11.8. The van der Waals surface area contributed by atoms with Crippen molar-refractivity contribution < 1.29 is 9.59 Å². The summed E-state index contributed by atoms with van der Waals surface area (Å²) in [5.41, 5.74) is 6.07. The number of benzene rings is 1. The molecule has 0 atom stereocenters. The van der Waals surface area contributed by atoms with Crippen molar-refractivity contribution in [2.45, 2.75) is 6.42 Å². The van der Waals surface area contributed by atoms with Crippen molar-refractivity contribution in [3.63, 3.8) is 0 Å². The zero-order valence-corrected chi connectivity index (χ0v) is 13.5. The first-order valence-corrected chi connectivity index (χ1v) is 7.69. The lowest BCUT2D eigenvalue weighted by atomic mass is 10.2. The monoisotopic (exact) mass is 341 g/mol. The average molecular weight is 342 g/mol. The Morgan fingerprint density at radius 1 is 1.05 bits per heavy atom. The second kappa shape index (κ2) is 7.51. The van der Waals surface area contributed by atoms with Crippen LogP contribution >= 0.6 is 23.2 Å². The molecule has 0 aromatic heterocycles. The molecule has 1 aromatic carbocycles. The minimum Gasteiger partial charge on any atom is -0.351 e. The third kappa shape index (κ3) is 4.39. The third-order valence-electron chi connectivity index (χ3n) is 3.48. The van der Waals surface area contributed by atoms with Gasteiger partial charge in [0, 0.05) is 32.3 Å². The summed E-state index contributed by atoms with van der Waals surface area (Å²) in [6.07, 6.45) is 3.91. The van der Waals surface area contributed by atoms with Gasteiger partial charge in [0.25, 0.3) is 0 Å². The number of urea groups is 1. The van der Waals surface area contributed by atoms with Gasteiger partial charge in [-0.1, -0.05) is 29.3 Å². The summed E-state index contributed by atoms with van der Waals surface area (Å²) in [5.74, 6) is -0.0996. The standard InChI is InChI=1S/C15H17Cl2N3O2/c16-12-4-2-11(10-13(12)17)3-5-14(21)19-6-1-7-20(9-8-19)15(18)22/h2-5,10H,1,6-9H2,(H2,18,22). The first-order valence-electron chi connectivity index (χ1n) is 6.94. The van der Waals surface area contributed by atoms with Crippen molar-refractivity contribution in [3.8, 4) is 0 Å². The van der Waals surface area contributed by atoms with Crippen LogP contribution in [0.2, 0.25) is 10.0 Å². The van der Waals surface area contributed by atoms with Gasteiger partial charge in [0.05, 0.1) is 10.0 Å². The largest absolute Gasteiger partial charge is 0.351 e. The van der Waals surface area contributed by atoms with E-state index in [2.05, 4.69) is 0 Å². The molecule has 7 heteroatoms. The molecule has 2 N–H and O–H groups in total. The van der Waals surface area contributed by atoms with Crippen LogP contribution in [0.1, 0.15) is 12.0 Å². The molecule has 0 aliphatic carbocycles. The van der Waals surface area contributed by atoms with E-state index in [4.69, 9.17) is 28.9 Å². The summed E-state index contributed by atoms with van der Waals surface area (Å²) in [7, 11) is 0.